The molecule has 0 rings (SSSR count). The van der Waals surface area contributed by atoms with Gasteiger partial charge in [0.1, 0.15) is 0 Å². The van der Waals surface area contributed by atoms with Gasteiger partial charge < -0.3 is 11.0 Å². The Balaban J connectivity index is 0. The smallest absolute Gasteiger partial charge is 0.344 e. The first kappa shape index (κ1) is 10.2. The van der Waals surface area contributed by atoms with E-state index in [4.69, 9.17) is 5.26 Å². The molecule has 0 saturated heterocycles. The molecule has 0 unspecified atom stereocenters. The summed E-state index contributed by atoms with van der Waals surface area (Å²) in [6.07, 6.45) is 1.40. The van der Waals surface area contributed by atoms with Gasteiger partial charge in [-0.15, -0.1) is 6.58 Å². The molecule has 0 heterocycles. The molecule has 0 radical (unpaired) electrons. The van der Waals surface area contributed by atoms with Crippen molar-refractivity contribution in [2.24, 2.45) is 0 Å². The Morgan fingerprint density at radius 2 is 2.38 bits per heavy atom. The number of carbonyl (C=O) groups excluding carboxylic acids is 1. The molecule has 0 aromatic rings. The molecule has 0 aliphatic rings. The van der Waals surface area contributed by atoms with Crippen molar-refractivity contribution in [1.29, 1.82) is 0 Å². The minimum Gasteiger partial charge on any atom is -0.344 e. The molecule has 4 heteroatoms. The van der Waals surface area contributed by atoms with Crippen LogP contribution >= 0.6 is 0 Å². The fourth-order valence-corrected chi connectivity index (χ4v) is 0.155. The van der Waals surface area contributed by atoms with E-state index >= 15 is 0 Å². The third kappa shape index (κ3) is 5.13. The summed E-state index contributed by atoms with van der Waals surface area (Å²) < 4.78 is 0. The van der Waals surface area contributed by atoms with E-state index in [-0.39, 0.29) is 12.6 Å². The van der Waals surface area contributed by atoms with Crippen molar-refractivity contribution in [1.82, 2.24) is 6.15 Å². The quantitative estimate of drug-likeness (QED) is 0.319. The maximum atomic E-state index is 9.87. The SMILES string of the molecule is C=CCC(=O)OO.N. The third-order valence-electron chi connectivity index (χ3n) is 0.413. The Kier molecular flexibility index (Phi) is 7.80. The van der Waals surface area contributed by atoms with Crippen molar-refractivity contribution in [2.45, 2.75) is 6.42 Å². The van der Waals surface area contributed by atoms with Crippen LogP contribution in [0, 0.1) is 0 Å². The lowest BCUT2D eigenvalue weighted by atomic mass is 10.4. The van der Waals surface area contributed by atoms with Gasteiger partial charge >= 0.3 is 5.97 Å². The zero-order valence-electron chi connectivity index (χ0n) is 4.46. The number of hydrogen-bond acceptors (Lipinski definition) is 4. The van der Waals surface area contributed by atoms with Crippen LogP contribution in [0.25, 0.3) is 0 Å². The highest BCUT2D eigenvalue weighted by Gasteiger charge is 1.93. The lowest BCUT2D eigenvalue weighted by molar-refractivity contribution is -0.233. The average Bonchev–Trinajstić information content (AvgIpc) is 1.68. The van der Waals surface area contributed by atoms with Crippen LogP contribution in [0.3, 0.4) is 0 Å². The maximum absolute atomic E-state index is 9.87. The molecular formula is C4H9NO3. The van der Waals surface area contributed by atoms with E-state index in [9.17, 15) is 4.79 Å². The molecule has 8 heavy (non-hydrogen) atoms. The molecule has 0 aliphatic heterocycles. The van der Waals surface area contributed by atoms with Gasteiger partial charge in [0.2, 0.25) is 0 Å². The first-order valence-electron chi connectivity index (χ1n) is 1.76. The summed E-state index contributed by atoms with van der Waals surface area (Å²) in [5.41, 5.74) is 0. The van der Waals surface area contributed by atoms with E-state index in [1.807, 2.05) is 0 Å². The zero-order chi connectivity index (χ0) is 5.70. The fraction of sp³-hybridized carbons (Fsp3) is 0.250. The first-order chi connectivity index (χ1) is 3.31. The van der Waals surface area contributed by atoms with Gasteiger partial charge in [-0.05, 0) is 0 Å². The van der Waals surface area contributed by atoms with E-state index in [1.54, 1.807) is 0 Å². The molecule has 0 spiro atoms. The normalized spacial score (nSPS) is 6.62. The van der Waals surface area contributed by atoms with Crippen molar-refractivity contribution < 1.29 is 14.9 Å². The molecule has 0 aromatic heterocycles. The lowest BCUT2D eigenvalue weighted by Crippen LogP contribution is -1.96. The van der Waals surface area contributed by atoms with Crippen LogP contribution in [0.5, 0.6) is 0 Å². The molecule has 48 valence electrons. The van der Waals surface area contributed by atoms with Crippen LogP contribution in [0.15, 0.2) is 12.7 Å². The first-order valence-corrected chi connectivity index (χ1v) is 1.76. The summed E-state index contributed by atoms with van der Waals surface area (Å²) in [5, 5.41) is 7.57. The predicted octanol–water partition coefficient (Wildman–Crippen LogP) is 0.741. The fourth-order valence-electron chi connectivity index (χ4n) is 0.155. The van der Waals surface area contributed by atoms with E-state index in [2.05, 4.69) is 11.5 Å². The second kappa shape index (κ2) is 6.13. The monoisotopic (exact) mass is 119 g/mol. The van der Waals surface area contributed by atoms with Crippen molar-refractivity contribution in [2.75, 3.05) is 0 Å². The third-order valence-corrected chi connectivity index (χ3v) is 0.413. The standard InChI is InChI=1S/C4H6O3.H3N/c1-2-3-4(5)7-6;/h2,6H,1,3H2;1H3. The molecule has 0 fully saturated rings. The van der Waals surface area contributed by atoms with Crippen LogP contribution < -0.4 is 6.15 Å². The summed E-state index contributed by atoms with van der Waals surface area (Å²) in [6, 6.07) is 0. The minimum absolute atomic E-state index is 0. The van der Waals surface area contributed by atoms with Crippen molar-refractivity contribution in [3.8, 4) is 0 Å². The Morgan fingerprint density at radius 3 is 2.50 bits per heavy atom. The van der Waals surface area contributed by atoms with Crippen LogP contribution in [-0.4, -0.2) is 11.2 Å². The topological polar surface area (TPSA) is 81.5 Å². The lowest BCUT2D eigenvalue weighted by Gasteiger charge is -1.84. The zero-order valence-corrected chi connectivity index (χ0v) is 4.46. The highest BCUT2D eigenvalue weighted by atomic mass is 17.1. The van der Waals surface area contributed by atoms with Crippen LogP contribution in [0.4, 0.5) is 0 Å². The Labute approximate surface area is 47.3 Å². The molecule has 4 nitrogen and oxygen atoms in total. The van der Waals surface area contributed by atoms with E-state index in [1.165, 1.54) is 6.08 Å². The van der Waals surface area contributed by atoms with Gasteiger partial charge in [-0.25, -0.2) is 4.79 Å². The van der Waals surface area contributed by atoms with Crippen LogP contribution in [-0.2, 0) is 9.68 Å². The highest BCUT2D eigenvalue weighted by Crippen LogP contribution is 1.80. The largest absolute Gasteiger partial charge is 0.345 e. The number of carbonyl (C=O) groups is 1. The summed E-state index contributed by atoms with van der Waals surface area (Å²) in [6.45, 7) is 3.24. The van der Waals surface area contributed by atoms with Crippen LogP contribution in [0.2, 0.25) is 0 Å². The van der Waals surface area contributed by atoms with Gasteiger partial charge in [0.15, 0.2) is 0 Å². The summed E-state index contributed by atoms with van der Waals surface area (Å²) in [7, 11) is 0. The maximum Gasteiger partial charge on any atom is 0.345 e. The molecule has 0 aliphatic carbocycles. The van der Waals surface area contributed by atoms with Gasteiger partial charge in [-0.1, -0.05) is 6.08 Å². The van der Waals surface area contributed by atoms with Gasteiger partial charge in [-0.2, -0.15) is 5.26 Å². The molecule has 0 amide bonds. The van der Waals surface area contributed by atoms with Gasteiger partial charge in [-0.3, -0.25) is 0 Å². The number of rotatable bonds is 2. The Hall–Kier alpha value is -0.870. The predicted molar refractivity (Wildman–Crippen MR) is 28.6 cm³/mol. The van der Waals surface area contributed by atoms with Gasteiger partial charge in [0.25, 0.3) is 0 Å². The van der Waals surface area contributed by atoms with E-state index < -0.39 is 5.97 Å². The minimum atomic E-state index is -0.685. The molecule has 0 saturated carbocycles. The van der Waals surface area contributed by atoms with Crippen molar-refractivity contribution in [3.63, 3.8) is 0 Å². The second-order valence-corrected chi connectivity index (χ2v) is 0.956. The van der Waals surface area contributed by atoms with Gasteiger partial charge in [0.05, 0.1) is 6.42 Å². The van der Waals surface area contributed by atoms with E-state index in [0.29, 0.717) is 0 Å². The highest BCUT2D eigenvalue weighted by molar-refractivity contribution is 5.70. The summed E-state index contributed by atoms with van der Waals surface area (Å²) in [4.78, 5) is 13.1. The molecule has 0 atom stereocenters. The summed E-state index contributed by atoms with van der Waals surface area (Å²) >= 11 is 0. The van der Waals surface area contributed by atoms with Gasteiger partial charge in [0, 0.05) is 0 Å². The Bertz CT molecular complexity index is 81.4. The molecule has 0 aromatic carbocycles. The van der Waals surface area contributed by atoms with Crippen LogP contribution in [0.1, 0.15) is 6.42 Å². The molecule has 0 bridgehead atoms. The summed E-state index contributed by atoms with van der Waals surface area (Å²) in [5.74, 6) is -0.685. The number of hydrogen-bond donors (Lipinski definition) is 2. The van der Waals surface area contributed by atoms with Crippen molar-refractivity contribution >= 4 is 5.97 Å². The molecule has 4 N–H and O–H groups in total. The van der Waals surface area contributed by atoms with E-state index in [0.717, 1.165) is 0 Å². The average molecular weight is 119 g/mol. The van der Waals surface area contributed by atoms with Crippen molar-refractivity contribution in [3.05, 3.63) is 12.7 Å². The molecular weight excluding hydrogens is 110 g/mol. The second-order valence-electron chi connectivity index (χ2n) is 0.956. The Morgan fingerprint density at radius 1 is 1.88 bits per heavy atom.